The standard InChI is InChI=1S/C21H28FN3O2S/c1-15(11-16(2)22)20-13-19(8-9-24(20)3)25-10-7-18-6-5-17(12-21(18)25)14-23-28(4,26)27/h5-7,10-12,19-20,23H,1,8-9,13-14H2,2-4H3/b16-11+. The lowest BCUT2D eigenvalue weighted by atomic mass is 9.92. The minimum absolute atomic E-state index is 0.0944. The molecule has 2 unspecified atom stereocenters. The van der Waals surface area contributed by atoms with Crippen molar-refractivity contribution < 1.29 is 12.8 Å². The van der Waals surface area contributed by atoms with Gasteiger partial charge in [-0.2, -0.15) is 0 Å². The van der Waals surface area contributed by atoms with Gasteiger partial charge in [0.25, 0.3) is 0 Å². The Balaban J connectivity index is 1.86. The Bertz CT molecular complexity index is 1010. The fourth-order valence-electron chi connectivity index (χ4n) is 3.94. The van der Waals surface area contributed by atoms with Crippen molar-refractivity contribution in [1.29, 1.82) is 0 Å². The van der Waals surface area contributed by atoms with E-state index in [0.717, 1.165) is 47.7 Å². The number of halogens is 1. The van der Waals surface area contributed by atoms with Crippen molar-refractivity contribution in [3.63, 3.8) is 0 Å². The summed E-state index contributed by atoms with van der Waals surface area (Å²) in [7, 11) is -1.18. The smallest absolute Gasteiger partial charge is 0.209 e. The maximum absolute atomic E-state index is 13.3. The van der Waals surface area contributed by atoms with E-state index in [1.54, 1.807) is 0 Å². The number of nitrogens with one attached hydrogen (secondary N) is 1. The molecule has 1 fully saturated rings. The second-order valence-electron chi connectivity index (χ2n) is 7.69. The van der Waals surface area contributed by atoms with Crippen molar-refractivity contribution in [2.24, 2.45) is 0 Å². The number of nitrogens with zero attached hydrogens (tertiary/aromatic N) is 2. The third-order valence-corrected chi connectivity index (χ3v) is 6.04. The molecule has 1 aliphatic rings. The van der Waals surface area contributed by atoms with Gasteiger partial charge in [0.15, 0.2) is 0 Å². The van der Waals surface area contributed by atoms with Crippen LogP contribution in [0.15, 0.2) is 54.5 Å². The SMILES string of the molecule is C=C(/C=C(\C)F)C1CC(n2ccc3ccc(CNS(C)(=O)=O)cc32)CCN1C. The Morgan fingerprint density at radius 3 is 2.82 bits per heavy atom. The van der Waals surface area contributed by atoms with Crippen LogP contribution in [0.5, 0.6) is 0 Å². The minimum atomic E-state index is -3.23. The van der Waals surface area contributed by atoms with E-state index in [0.29, 0.717) is 0 Å². The zero-order valence-electron chi connectivity index (χ0n) is 16.7. The molecule has 152 valence electrons. The molecule has 2 atom stereocenters. The molecule has 0 saturated carbocycles. The molecule has 1 saturated heterocycles. The lowest BCUT2D eigenvalue weighted by Crippen LogP contribution is -2.41. The fraction of sp³-hybridized carbons (Fsp3) is 0.429. The number of fused-ring (bicyclic) bond motifs is 1. The summed E-state index contributed by atoms with van der Waals surface area (Å²) in [5, 5.41) is 1.12. The average Bonchev–Trinajstić information content (AvgIpc) is 3.02. The van der Waals surface area contributed by atoms with Gasteiger partial charge in [-0.25, -0.2) is 17.5 Å². The Kier molecular flexibility index (Phi) is 6.07. The van der Waals surface area contributed by atoms with E-state index in [1.807, 2.05) is 18.2 Å². The summed E-state index contributed by atoms with van der Waals surface area (Å²) in [4.78, 5) is 2.23. The van der Waals surface area contributed by atoms with E-state index in [-0.39, 0.29) is 24.5 Å². The highest BCUT2D eigenvalue weighted by atomic mass is 32.2. The van der Waals surface area contributed by atoms with Crippen LogP contribution in [-0.4, -0.2) is 43.8 Å². The van der Waals surface area contributed by atoms with Gasteiger partial charge >= 0.3 is 0 Å². The number of hydrogen-bond donors (Lipinski definition) is 1. The molecule has 1 aromatic heterocycles. The molecule has 28 heavy (non-hydrogen) atoms. The van der Waals surface area contributed by atoms with Crippen LogP contribution in [0, 0.1) is 0 Å². The number of aromatic nitrogens is 1. The number of allylic oxidation sites excluding steroid dienone is 1. The van der Waals surface area contributed by atoms with E-state index < -0.39 is 10.0 Å². The van der Waals surface area contributed by atoms with E-state index in [4.69, 9.17) is 0 Å². The Morgan fingerprint density at radius 2 is 2.14 bits per heavy atom. The van der Waals surface area contributed by atoms with Crippen LogP contribution in [0.4, 0.5) is 4.39 Å². The monoisotopic (exact) mass is 405 g/mol. The van der Waals surface area contributed by atoms with Crippen LogP contribution in [0.3, 0.4) is 0 Å². The first kappa shape index (κ1) is 20.8. The second kappa shape index (κ2) is 8.19. The molecule has 2 heterocycles. The quantitative estimate of drug-likeness (QED) is 0.745. The summed E-state index contributed by atoms with van der Waals surface area (Å²) < 4.78 is 40.9. The zero-order chi connectivity index (χ0) is 20.5. The molecule has 1 N–H and O–H groups in total. The van der Waals surface area contributed by atoms with E-state index in [2.05, 4.69) is 40.1 Å². The molecule has 5 nitrogen and oxygen atoms in total. The number of likely N-dealkylation sites (N-methyl/N-ethyl adjacent to an activating group) is 1. The van der Waals surface area contributed by atoms with E-state index in [1.165, 1.54) is 13.0 Å². The Labute approximate surface area is 166 Å². The third-order valence-electron chi connectivity index (χ3n) is 5.37. The van der Waals surface area contributed by atoms with Crippen molar-refractivity contribution in [1.82, 2.24) is 14.2 Å². The molecular weight excluding hydrogens is 377 g/mol. The Morgan fingerprint density at radius 1 is 1.39 bits per heavy atom. The first-order chi connectivity index (χ1) is 13.1. The van der Waals surface area contributed by atoms with Crippen molar-refractivity contribution in [2.75, 3.05) is 19.8 Å². The lowest BCUT2D eigenvalue weighted by Gasteiger charge is -2.38. The molecule has 2 aromatic rings. The molecule has 0 aliphatic carbocycles. The fourth-order valence-corrected chi connectivity index (χ4v) is 4.37. The van der Waals surface area contributed by atoms with Crippen molar-refractivity contribution in [3.8, 4) is 0 Å². The van der Waals surface area contributed by atoms with Gasteiger partial charge < -0.3 is 4.57 Å². The van der Waals surface area contributed by atoms with E-state index >= 15 is 0 Å². The van der Waals surface area contributed by atoms with Crippen molar-refractivity contribution >= 4 is 20.9 Å². The van der Waals surface area contributed by atoms with Gasteiger partial charge in [-0.05, 0) is 61.5 Å². The molecule has 0 amide bonds. The van der Waals surface area contributed by atoms with Gasteiger partial charge in [0.1, 0.15) is 0 Å². The third kappa shape index (κ3) is 4.90. The molecule has 1 aromatic carbocycles. The van der Waals surface area contributed by atoms with Gasteiger partial charge in [-0.1, -0.05) is 18.7 Å². The average molecular weight is 406 g/mol. The van der Waals surface area contributed by atoms with Crippen LogP contribution in [0.1, 0.15) is 31.4 Å². The second-order valence-corrected chi connectivity index (χ2v) is 9.52. The maximum Gasteiger partial charge on any atom is 0.209 e. The lowest BCUT2D eigenvalue weighted by molar-refractivity contribution is 0.172. The molecule has 3 rings (SSSR count). The first-order valence-corrected chi connectivity index (χ1v) is 11.3. The maximum atomic E-state index is 13.3. The highest BCUT2D eigenvalue weighted by Crippen LogP contribution is 2.33. The molecular formula is C21H28FN3O2S. The van der Waals surface area contributed by atoms with Crippen LogP contribution in [0.25, 0.3) is 10.9 Å². The molecule has 0 spiro atoms. The Hall–Kier alpha value is -1.96. The van der Waals surface area contributed by atoms with Crippen LogP contribution >= 0.6 is 0 Å². The van der Waals surface area contributed by atoms with Gasteiger partial charge in [0.2, 0.25) is 10.0 Å². The zero-order valence-corrected chi connectivity index (χ0v) is 17.5. The largest absolute Gasteiger partial charge is 0.344 e. The number of rotatable bonds is 6. The predicted octanol–water partition coefficient (Wildman–Crippen LogP) is 3.76. The topological polar surface area (TPSA) is 54.3 Å². The molecule has 0 bridgehead atoms. The summed E-state index contributed by atoms with van der Waals surface area (Å²) in [5.41, 5.74) is 2.80. The number of benzene rings is 1. The molecule has 7 heteroatoms. The van der Waals surface area contributed by atoms with Crippen molar-refractivity contribution in [2.45, 2.75) is 38.4 Å². The van der Waals surface area contributed by atoms with Gasteiger partial charge in [-0.3, -0.25) is 4.90 Å². The van der Waals surface area contributed by atoms with Crippen molar-refractivity contribution in [3.05, 3.63) is 60.1 Å². The highest BCUT2D eigenvalue weighted by Gasteiger charge is 2.28. The first-order valence-electron chi connectivity index (χ1n) is 9.41. The highest BCUT2D eigenvalue weighted by molar-refractivity contribution is 7.88. The number of sulfonamides is 1. The van der Waals surface area contributed by atoms with Gasteiger partial charge in [0.05, 0.1) is 12.1 Å². The predicted molar refractivity (Wildman–Crippen MR) is 112 cm³/mol. The summed E-state index contributed by atoms with van der Waals surface area (Å²) >= 11 is 0. The minimum Gasteiger partial charge on any atom is -0.344 e. The van der Waals surface area contributed by atoms with Gasteiger partial charge in [0, 0.05) is 36.9 Å². The van der Waals surface area contributed by atoms with E-state index in [9.17, 15) is 12.8 Å². The van der Waals surface area contributed by atoms with Crippen LogP contribution < -0.4 is 4.72 Å². The number of hydrogen-bond acceptors (Lipinski definition) is 3. The number of piperidine rings is 1. The summed E-state index contributed by atoms with van der Waals surface area (Å²) in [6.45, 7) is 6.69. The van der Waals surface area contributed by atoms with Crippen LogP contribution in [0.2, 0.25) is 0 Å². The normalized spacial score (nSPS) is 21.9. The summed E-state index contributed by atoms with van der Waals surface area (Å²) in [6, 6.07) is 8.46. The molecule has 1 aliphatic heterocycles. The summed E-state index contributed by atoms with van der Waals surface area (Å²) in [6.07, 6.45) is 6.62. The van der Waals surface area contributed by atoms with Crippen LogP contribution in [-0.2, 0) is 16.6 Å². The van der Waals surface area contributed by atoms with Gasteiger partial charge in [-0.15, -0.1) is 0 Å². The molecule has 0 radical (unpaired) electrons. The number of likely N-dealkylation sites (tertiary alicyclic amines) is 1. The summed E-state index contributed by atoms with van der Waals surface area (Å²) in [5.74, 6) is -0.227.